The molecular formula is C27H27N7O2S. The minimum absolute atomic E-state index is 0.166. The Kier molecular flexibility index (Phi) is 5.26. The molecular weight excluding hydrogens is 486 g/mol. The second-order valence-corrected chi connectivity index (χ2v) is 11.8. The van der Waals surface area contributed by atoms with Crippen LogP contribution in [0.25, 0.3) is 44.3 Å². The fourth-order valence-electron chi connectivity index (χ4n) is 5.59. The van der Waals surface area contributed by atoms with Gasteiger partial charge in [0.05, 0.1) is 23.1 Å². The lowest BCUT2D eigenvalue weighted by atomic mass is 10.0. The number of imidazole rings is 1. The van der Waals surface area contributed by atoms with Gasteiger partial charge in [0, 0.05) is 54.2 Å². The maximum Gasteiger partial charge on any atom is 0.236 e. The Bertz CT molecular complexity index is 1730. The molecule has 188 valence electrons. The molecule has 37 heavy (non-hydrogen) atoms. The molecule has 7 rings (SSSR count). The molecule has 2 aliphatic rings. The first-order valence-electron chi connectivity index (χ1n) is 12.7. The van der Waals surface area contributed by atoms with Gasteiger partial charge in [-0.15, -0.1) is 0 Å². The Morgan fingerprint density at radius 1 is 0.973 bits per heavy atom. The van der Waals surface area contributed by atoms with Crippen molar-refractivity contribution in [1.82, 2.24) is 29.8 Å². The Balaban J connectivity index is 1.28. The average Bonchev–Trinajstić information content (AvgIpc) is 3.64. The van der Waals surface area contributed by atoms with E-state index in [1.807, 2.05) is 30.9 Å². The lowest BCUT2D eigenvalue weighted by Gasteiger charge is -2.24. The van der Waals surface area contributed by atoms with Crippen molar-refractivity contribution in [3.63, 3.8) is 0 Å². The van der Waals surface area contributed by atoms with Gasteiger partial charge in [-0.25, -0.2) is 23.4 Å². The lowest BCUT2D eigenvalue weighted by Crippen LogP contribution is -2.31. The summed E-state index contributed by atoms with van der Waals surface area (Å²) in [5.74, 6) is 0.625. The molecule has 4 aromatic heterocycles. The highest BCUT2D eigenvalue weighted by Crippen LogP contribution is 2.34. The van der Waals surface area contributed by atoms with Gasteiger partial charge in [0.25, 0.3) is 0 Å². The van der Waals surface area contributed by atoms with E-state index in [-0.39, 0.29) is 5.75 Å². The number of hydrogen-bond acceptors (Lipinski definition) is 6. The SMILES string of the molecule is O=S1(=O)CCCN1c1cc(-c2cnc3[nH]cc(-c4ccc5ncn(C6CCCNC6)c5c4)c3c2)ccn1. The van der Waals surface area contributed by atoms with Crippen molar-refractivity contribution in [2.24, 2.45) is 0 Å². The van der Waals surface area contributed by atoms with Crippen LogP contribution >= 0.6 is 0 Å². The maximum absolute atomic E-state index is 12.4. The van der Waals surface area contributed by atoms with Crippen molar-refractivity contribution in [3.05, 3.63) is 61.3 Å². The molecule has 1 aromatic carbocycles. The normalized spacial score (nSPS) is 19.7. The number of anilines is 1. The largest absolute Gasteiger partial charge is 0.346 e. The molecule has 6 heterocycles. The summed E-state index contributed by atoms with van der Waals surface area (Å²) in [6.45, 7) is 2.50. The minimum atomic E-state index is -3.29. The standard InChI is InChI=1S/C27H27N7O2S/c35-37(36)10-2-9-34(37)26-13-18(6-8-29-26)20-11-22-23(16-31-27(22)30-14-20)19-4-5-24-25(12-19)33(17-32-24)21-3-1-7-28-15-21/h4-6,8,11-14,16-17,21,28H,1-3,7,9-10,15H2,(H,30,31). The van der Waals surface area contributed by atoms with Gasteiger partial charge in [0.1, 0.15) is 11.5 Å². The number of piperidine rings is 1. The molecule has 0 radical (unpaired) electrons. The summed E-state index contributed by atoms with van der Waals surface area (Å²) >= 11 is 0. The number of benzene rings is 1. The number of rotatable bonds is 4. The van der Waals surface area contributed by atoms with E-state index < -0.39 is 10.0 Å². The summed E-state index contributed by atoms with van der Waals surface area (Å²) < 4.78 is 28.5. The molecule has 9 nitrogen and oxygen atoms in total. The molecule has 0 amide bonds. The van der Waals surface area contributed by atoms with E-state index in [9.17, 15) is 8.42 Å². The zero-order valence-electron chi connectivity index (χ0n) is 20.3. The van der Waals surface area contributed by atoms with Crippen LogP contribution < -0.4 is 9.62 Å². The number of nitrogens with one attached hydrogen (secondary N) is 2. The van der Waals surface area contributed by atoms with Gasteiger partial charge >= 0.3 is 0 Å². The summed E-state index contributed by atoms with van der Waals surface area (Å²) in [5.41, 5.74) is 6.89. The molecule has 0 aliphatic carbocycles. The van der Waals surface area contributed by atoms with Gasteiger partial charge in [0.2, 0.25) is 10.0 Å². The van der Waals surface area contributed by atoms with Crippen molar-refractivity contribution in [3.8, 4) is 22.3 Å². The van der Waals surface area contributed by atoms with Gasteiger partial charge in [-0.3, -0.25) is 4.31 Å². The first kappa shape index (κ1) is 22.4. The molecule has 1 atom stereocenters. The van der Waals surface area contributed by atoms with Crippen LogP contribution in [-0.4, -0.2) is 58.3 Å². The second kappa shape index (κ2) is 8.67. The van der Waals surface area contributed by atoms with E-state index in [4.69, 9.17) is 0 Å². The van der Waals surface area contributed by atoms with Gasteiger partial charge in [0.15, 0.2) is 0 Å². The second-order valence-electron chi connectivity index (χ2n) is 9.82. The van der Waals surface area contributed by atoms with Crippen molar-refractivity contribution >= 4 is 37.9 Å². The van der Waals surface area contributed by atoms with E-state index in [0.29, 0.717) is 24.8 Å². The van der Waals surface area contributed by atoms with Crippen molar-refractivity contribution in [2.75, 3.05) is 29.7 Å². The predicted octanol–water partition coefficient (Wildman–Crippen LogP) is 4.11. The average molecular weight is 514 g/mol. The summed E-state index contributed by atoms with van der Waals surface area (Å²) in [5, 5.41) is 4.51. The zero-order valence-corrected chi connectivity index (χ0v) is 21.1. The molecule has 0 saturated carbocycles. The monoisotopic (exact) mass is 513 g/mol. The van der Waals surface area contributed by atoms with E-state index in [0.717, 1.165) is 63.8 Å². The fourth-order valence-corrected chi connectivity index (χ4v) is 7.09. The van der Waals surface area contributed by atoms with Gasteiger partial charge < -0.3 is 14.9 Å². The molecule has 10 heteroatoms. The van der Waals surface area contributed by atoms with Crippen LogP contribution in [0.15, 0.2) is 61.3 Å². The number of H-pyrrole nitrogens is 1. The van der Waals surface area contributed by atoms with Gasteiger partial charge in [-0.05, 0) is 67.3 Å². The number of nitrogens with zero attached hydrogens (tertiary/aromatic N) is 5. The molecule has 0 spiro atoms. The third-order valence-electron chi connectivity index (χ3n) is 7.51. The Labute approximate surface area is 214 Å². The first-order chi connectivity index (χ1) is 18.1. The quantitative estimate of drug-likeness (QED) is 0.374. The van der Waals surface area contributed by atoms with Crippen LogP contribution in [0.4, 0.5) is 5.82 Å². The van der Waals surface area contributed by atoms with E-state index in [1.54, 1.807) is 6.20 Å². The van der Waals surface area contributed by atoms with E-state index >= 15 is 0 Å². The Morgan fingerprint density at radius 2 is 1.92 bits per heavy atom. The molecule has 2 saturated heterocycles. The van der Waals surface area contributed by atoms with Crippen LogP contribution in [0.3, 0.4) is 0 Å². The smallest absolute Gasteiger partial charge is 0.236 e. The van der Waals surface area contributed by atoms with Crippen LogP contribution in [0.5, 0.6) is 0 Å². The number of aromatic amines is 1. The lowest BCUT2D eigenvalue weighted by molar-refractivity contribution is 0.378. The zero-order chi connectivity index (χ0) is 25.0. The number of hydrogen-bond donors (Lipinski definition) is 2. The number of sulfonamides is 1. The summed E-state index contributed by atoms with van der Waals surface area (Å²) in [4.78, 5) is 17.0. The highest BCUT2D eigenvalue weighted by atomic mass is 32.2. The topological polar surface area (TPSA) is 109 Å². The third kappa shape index (κ3) is 3.87. The number of fused-ring (bicyclic) bond motifs is 2. The molecule has 2 aliphatic heterocycles. The van der Waals surface area contributed by atoms with Crippen LogP contribution in [0.2, 0.25) is 0 Å². The van der Waals surface area contributed by atoms with Crippen molar-refractivity contribution < 1.29 is 8.42 Å². The van der Waals surface area contributed by atoms with Crippen LogP contribution in [-0.2, 0) is 10.0 Å². The molecule has 1 unspecified atom stereocenters. The molecule has 5 aromatic rings. The summed E-state index contributed by atoms with van der Waals surface area (Å²) in [7, 11) is -3.29. The number of pyridine rings is 2. The minimum Gasteiger partial charge on any atom is -0.346 e. The third-order valence-corrected chi connectivity index (χ3v) is 9.36. The van der Waals surface area contributed by atoms with Crippen LogP contribution in [0.1, 0.15) is 25.3 Å². The highest BCUT2D eigenvalue weighted by molar-refractivity contribution is 7.93. The van der Waals surface area contributed by atoms with Crippen LogP contribution in [0, 0.1) is 0 Å². The molecule has 0 bridgehead atoms. The summed E-state index contributed by atoms with van der Waals surface area (Å²) in [6.07, 6.45) is 10.4. The Morgan fingerprint density at radius 3 is 2.76 bits per heavy atom. The van der Waals surface area contributed by atoms with Crippen molar-refractivity contribution in [1.29, 1.82) is 0 Å². The Hall–Kier alpha value is -3.76. The van der Waals surface area contributed by atoms with Crippen molar-refractivity contribution in [2.45, 2.75) is 25.3 Å². The predicted molar refractivity (Wildman–Crippen MR) is 145 cm³/mol. The fraction of sp³-hybridized carbons (Fsp3) is 0.296. The number of aromatic nitrogens is 5. The molecule has 2 fully saturated rings. The maximum atomic E-state index is 12.4. The van der Waals surface area contributed by atoms with Gasteiger partial charge in [-0.1, -0.05) is 6.07 Å². The van der Waals surface area contributed by atoms with E-state index in [2.05, 4.69) is 54.1 Å². The first-order valence-corrected chi connectivity index (χ1v) is 14.3. The van der Waals surface area contributed by atoms with Gasteiger partial charge in [-0.2, -0.15) is 0 Å². The summed E-state index contributed by atoms with van der Waals surface area (Å²) in [6, 6.07) is 12.7. The highest BCUT2D eigenvalue weighted by Gasteiger charge is 2.29. The van der Waals surface area contributed by atoms with E-state index in [1.165, 1.54) is 10.7 Å². The molecule has 2 N–H and O–H groups in total.